The summed E-state index contributed by atoms with van der Waals surface area (Å²) in [6.45, 7) is 3.53. The van der Waals surface area contributed by atoms with Gasteiger partial charge in [-0.3, -0.25) is 9.69 Å². The summed E-state index contributed by atoms with van der Waals surface area (Å²) >= 11 is 0. The molecule has 2 aliphatic heterocycles. The highest BCUT2D eigenvalue weighted by atomic mass is 16.3. The lowest BCUT2D eigenvalue weighted by molar-refractivity contribution is -0.133. The van der Waals surface area contributed by atoms with E-state index in [4.69, 9.17) is 0 Å². The van der Waals surface area contributed by atoms with Crippen molar-refractivity contribution in [2.24, 2.45) is 0 Å². The van der Waals surface area contributed by atoms with Crippen LogP contribution in [0, 0.1) is 0 Å². The number of aromatic hydroxyl groups is 1. The van der Waals surface area contributed by atoms with E-state index in [9.17, 15) is 9.90 Å². The van der Waals surface area contributed by atoms with Crippen molar-refractivity contribution in [2.75, 3.05) is 19.6 Å². The van der Waals surface area contributed by atoms with Gasteiger partial charge in [0.1, 0.15) is 5.75 Å². The summed E-state index contributed by atoms with van der Waals surface area (Å²) in [7, 11) is 0. The number of nitrogens with zero attached hydrogens (tertiary/aromatic N) is 2. The summed E-state index contributed by atoms with van der Waals surface area (Å²) in [6, 6.07) is 17.9. The molecule has 2 saturated heterocycles. The van der Waals surface area contributed by atoms with E-state index in [1.165, 1.54) is 11.1 Å². The van der Waals surface area contributed by atoms with Crippen LogP contribution >= 0.6 is 0 Å². The first-order chi connectivity index (χ1) is 12.7. The molecule has 1 amide bonds. The monoisotopic (exact) mass is 350 g/mol. The summed E-state index contributed by atoms with van der Waals surface area (Å²) < 4.78 is 0. The van der Waals surface area contributed by atoms with E-state index < -0.39 is 0 Å². The number of piperidine rings is 1. The molecule has 2 heterocycles. The second-order valence-electron chi connectivity index (χ2n) is 7.45. The van der Waals surface area contributed by atoms with Crippen LogP contribution in [0.1, 0.15) is 36.3 Å². The Morgan fingerprint density at radius 3 is 2.27 bits per heavy atom. The Balaban J connectivity index is 1.33. The molecule has 26 heavy (non-hydrogen) atoms. The van der Waals surface area contributed by atoms with Crippen molar-refractivity contribution in [3.8, 4) is 5.75 Å². The van der Waals surface area contributed by atoms with Gasteiger partial charge in [-0.2, -0.15) is 0 Å². The van der Waals surface area contributed by atoms with Gasteiger partial charge in [0.25, 0.3) is 0 Å². The molecule has 0 bridgehead atoms. The molecule has 0 aliphatic carbocycles. The van der Waals surface area contributed by atoms with E-state index in [0.29, 0.717) is 11.7 Å². The number of carbonyl (C=O) groups excluding carboxylic acids is 1. The summed E-state index contributed by atoms with van der Waals surface area (Å²) in [6.07, 6.45) is 3.09. The number of amides is 1. The average molecular weight is 350 g/mol. The molecule has 4 rings (SSSR count). The van der Waals surface area contributed by atoms with E-state index in [1.54, 1.807) is 12.1 Å². The fourth-order valence-electron chi connectivity index (χ4n) is 4.31. The van der Waals surface area contributed by atoms with Gasteiger partial charge in [0.2, 0.25) is 5.91 Å². The molecule has 0 radical (unpaired) electrons. The zero-order valence-electron chi connectivity index (χ0n) is 15.1. The van der Waals surface area contributed by atoms with Crippen LogP contribution in [0.4, 0.5) is 0 Å². The lowest BCUT2D eigenvalue weighted by atomic mass is 9.89. The van der Waals surface area contributed by atoms with Crippen molar-refractivity contribution in [1.29, 1.82) is 0 Å². The number of hydrogen-bond donors (Lipinski definition) is 1. The number of phenols is 1. The Morgan fingerprint density at radius 1 is 0.885 bits per heavy atom. The maximum absolute atomic E-state index is 12.9. The van der Waals surface area contributed by atoms with Crippen molar-refractivity contribution in [1.82, 2.24) is 9.80 Å². The lowest BCUT2D eigenvalue weighted by Crippen LogP contribution is -2.45. The lowest BCUT2D eigenvalue weighted by Gasteiger charge is -2.35. The molecule has 0 saturated carbocycles. The van der Waals surface area contributed by atoms with E-state index in [2.05, 4.69) is 17.0 Å². The minimum absolute atomic E-state index is 0.0551. The van der Waals surface area contributed by atoms with Crippen molar-refractivity contribution < 1.29 is 9.90 Å². The first-order valence-electron chi connectivity index (χ1n) is 9.56. The van der Waals surface area contributed by atoms with Crippen LogP contribution in [-0.4, -0.2) is 46.5 Å². The van der Waals surface area contributed by atoms with Gasteiger partial charge in [-0.15, -0.1) is 0 Å². The van der Waals surface area contributed by atoms with Crippen LogP contribution in [0.3, 0.4) is 0 Å². The quantitative estimate of drug-likeness (QED) is 0.919. The number of carbonyl (C=O) groups is 1. The number of phenolic OH excluding ortho intramolecular Hbond substituents is 1. The molecule has 2 aromatic rings. The molecule has 0 aromatic heterocycles. The van der Waals surface area contributed by atoms with Gasteiger partial charge in [-0.05, 0) is 61.5 Å². The average Bonchev–Trinajstić information content (AvgIpc) is 3.04. The molecule has 1 N–H and O–H groups in total. The molecule has 1 atom stereocenters. The Morgan fingerprint density at radius 2 is 1.58 bits per heavy atom. The van der Waals surface area contributed by atoms with Crippen molar-refractivity contribution in [3.05, 3.63) is 65.7 Å². The highest BCUT2D eigenvalue weighted by Gasteiger charge is 2.37. The number of likely N-dealkylation sites (tertiary alicyclic amines) is 2. The Kier molecular flexibility index (Phi) is 4.93. The van der Waals surface area contributed by atoms with Gasteiger partial charge in [0, 0.05) is 13.1 Å². The van der Waals surface area contributed by atoms with Crippen LogP contribution in [0.2, 0.25) is 0 Å². The van der Waals surface area contributed by atoms with Crippen molar-refractivity contribution >= 4 is 5.91 Å². The van der Waals surface area contributed by atoms with E-state index >= 15 is 0 Å². The SMILES string of the molecule is O=C1[C@H](N2CCC(c3ccc(O)cc3)CC2)CCN1Cc1ccccc1. The minimum atomic E-state index is 0.0551. The maximum Gasteiger partial charge on any atom is 0.240 e. The summed E-state index contributed by atoms with van der Waals surface area (Å²) in [4.78, 5) is 17.2. The minimum Gasteiger partial charge on any atom is -0.508 e. The van der Waals surface area contributed by atoms with Gasteiger partial charge in [0.15, 0.2) is 0 Å². The van der Waals surface area contributed by atoms with E-state index in [1.807, 2.05) is 35.2 Å². The Hall–Kier alpha value is -2.33. The molecular weight excluding hydrogens is 324 g/mol. The van der Waals surface area contributed by atoms with E-state index in [-0.39, 0.29) is 11.9 Å². The molecule has 2 aliphatic rings. The standard InChI is InChI=1S/C22H26N2O2/c25-20-8-6-18(7-9-20)19-10-13-23(14-11-19)21-12-15-24(22(21)26)16-17-4-2-1-3-5-17/h1-9,19,21,25H,10-16H2/t21-/m1/s1. The first-order valence-corrected chi connectivity index (χ1v) is 9.56. The largest absolute Gasteiger partial charge is 0.508 e. The van der Waals surface area contributed by atoms with Gasteiger partial charge >= 0.3 is 0 Å². The Bertz CT molecular complexity index is 736. The highest BCUT2D eigenvalue weighted by molar-refractivity contribution is 5.84. The van der Waals surface area contributed by atoms with E-state index in [0.717, 1.165) is 45.4 Å². The maximum atomic E-state index is 12.9. The van der Waals surface area contributed by atoms with Crippen LogP contribution in [0.15, 0.2) is 54.6 Å². The zero-order chi connectivity index (χ0) is 17.9. The predicted molar refractivity (Wildman–Crippen MR) is 102 cm³/mol. The summed E-state index contributed by atoms with van der Waals surface area (Å²) in [5, 5.41) is 9.45. The Labute approximate surface area is 155 Å². The van der Waals surface area contributed by atoms with Gasteiger partial charge < -0.3 is 10.0 Å². The molecular formula is C22H26N2O2. The number of rotatable bonds is 4. The highest BCUT2D eigenvalue weighted by Crippen LogP contribution is 2.31. The summed E-state index contributed by atoms with van der Waals surface area (Å²) in [5.41, 5.74) is 2.50. The number of hydrogen-bond acceptors (Lipinski definition) is 3. The molecule has 4 nitrogen and oxygen atoms in total. The normalized spacial score (nSPS) is 22.1. The molecule has 2 aromatic carbocycles. The fraction of sp³-hybridized carbons (Fsp3) is 0.409. The van der Waals surface area contributed by atoms with Crippen molar-refractivity contribution in [2.45, 2.75) is 37.8 Å². The van der Waals surface area contributed by atoms with Gasteiger partial charge in [-0.25, -0.2) is 0 Å². The second kappa shape index (κ2) is 7.50. The molecule has 4 heteroatoms. The number of benzene rings is 2. The molecule has 136 valence electrons. The van der Waals surface area contributed by atoms with Gasteiger partial charge in [0.05, 0.1) is 6.04 Å². The first kappa shape index (κ1) is 17.1. The molecule has 2 fully saturated rings. The topological polar surface area (TPSA) is 43.8 Å². The molecule has 0 unspecified atom stereocenters. The fourth-order valence-corrected chi connectivity index (χ4v) is 4.31. The van der Waals surface area contributed by atoms with Crippen LogP contribution < -0.4 is 0 Å². The van der Waals surface area contributed by atoms with Crippen molar-refractivity contribution in [3.63, 3.8) is 0 Å². The second-order valence-corrected chi connectivity index (χ2v) is 7.45. The third-order valence-electron chi connectivity index (χ3n) is 5.82. The molecule has 0 spiro atoms. The van der Waals surface area contributed by atoms with Crippen LogP contribution in [-0.2, 0) is 11.3 Å². The summed E-state index contributed by atoms with van der Waals surface area (Å²) in [5.74, 6) is 1.14. The third-order valence-corrected chi connectivity index (χ3v) is 5.82. The zero-order valence-corrected chi connectivity index (χ0v) is 15.1. The predicted octanol–water partition coefficient (Wildman–Crippen LogP) is 3.37. The van der Waals surface area contributed by atoms with Gasteiger partial charge in [-0.1, -0.05) is 42.5 Å². The van der Waals surface area contributed by atoms with Crippen LogP contribution in [0.5, 0.6) is 5.75 Å². The smallest absolute Gasteiger partial charge is 0.240 e. The third kappa shape index (κ3) is 3.61. The van der Waals surface area contributed by atoms with Crippen LogP contribution in [0.25, 0.3) is 0 Å².